The van der Waals surface area contributed by atoms with Crippen LogP contribution in [0.5, 0.6) is 11.5 Å². The predicted octanol–water partition coefficient (Wildman–Crippen LogP) is 2.67. The van der Waals surface area contributed by atoms with Crippen molar-refractivity contribution in [1.29, 1.82) is 0 Å². The Morgan fingerprint density at radius 2 is 1.87 bits per heavy atom. The highest BCUT2D eigenvalue weighted by molar-refractivity contribution is 7.89. The van der Waals surface area contributed by atoms with Gasteiger partial charge in [-0.2, -0.15) is 4.31 Å². The lowest BCUT2D eigenvalue weighted by Gasteiger charge is -2.35. The molecule has 2 aromatic rings. The number of nitrogens with two attached hydrogens (primary N) is 1. The molecule has 5 atom stereocenters. The van der Waals surface area contributed by atoms with Crippen molar-refractivity contribution < 1.29 is 42.0 Å². The summed E-state index contributed by atoms with van der Waals surface area (Å²) in [6, 6.07) is 13.0. The molecule has 0 bridgehead atoms. The van der Waals surface area contributed by atoms with Gasteiger partial charge in [0.25, 0.3) is 0 Å². The zero-order valence-electron chi connectivity index (χ0n) is 25.9. The highest BCUT2D eigenvalue weighted by atomic mass is 32.2. The lowest BCUT2D eigenvalue weighted by Crippen LogP contribution is -2.52. The van der Waals surface area contributed by atoms with E-state index >= 15 is 0 Å². The van der Waals surface area contributed by atoms with Gasteiger partial charge in [-0.15, -0.1) is 0 Å². The van der Waals surface area contributed by atoms with Gasteiger partial charge in [0.2, 0.25) is 10.0 Å². The molecule has 2 aromatic carbocycles. The highest BCUT2D eigenvalue weighted by Crippen LogP contribution is 2.35. The number of rotatable bonds is 14. The fourth-order valence-corrected chi connectivity index (χ4v) is 7.74. The number of ether oxygens (including phenoxy) is 5. The quantitative estimate of drug-likeness (QED) is 0.278. The normalized spacial score (nSPS) is 22.6. The molecule has 3 aliphatic heterocycles. The molecule has 0 spiro atoms. The van der Waals surface area contributed by atoms with Gasteiger partial charge in [-0.25, -0.2) is 13.2 Å². The molecule has 2 saturated heterocycles. The number of alkyl carbamates (subject to hydrolysis) is 1. The first-order chi connectivity index (χ1) is 21.6. The van der Waals surface area contributed by atoms with Crippen LogP contribution in [-0.4, -0.2) is 94.5 Å². The van der Waals surface area contributed by atoms with Gasteiger partial charge in [-0.3, -0.25) is 0 Å². The van der Waals surface area contributed by atoms with Crippen LogP contribution in [0.4, 0.5) is 4.79 Å². The van der Waals surface area contributed by atoms with Crippen LogP contribution in [0.2, 0.25) is 0 Å². The predicted molar refractivity (Wildman–Crippen MR) is 165 cm³/mol. The Hall–Kier alpha value is -2.94. The molecular weight excluding hydrogens is 602 g/mol. The summed E-state index contributed by atoms with van der Waals surface area (Å²) in [6.07, 6.45) is -0.459. The Labute approximate surface area is 265 Å². The minimum atomic E-state index is -4.12. The molecule has 0 radical (unpaired) electrons. The minimum absolute atomic E-state index is 0.0233. The molecule has 0 aromatic heterocycles. The molecule has 3 heterocycles. The van der Waals surface area contributed by atoms with Crippen LogP contribution in [-0.2, 0) is 30.7 Å². The zero-order valence-corrected chi connectivity index (χ0v) is 26.7. The number of hydrogen-bond donors (Lipinski definition) is 3. The number of fused-ring (bicyclic) bond motifs is 2. The maximum Gasteiger partial charge on any atom is 0.407 e. The number of hydrogen-bond acceptors (Lipinski definition) is 10. The summed E-state index contributed by atoms with van der Waals surface area (Å²) in [7, 11) is -4.12. The number of nitrogens with zero attached hydrogens (tertiary/aromatic N) is 1. The van der Waals surface area contributed by atoms with Crippen LogP contribution in [0.15, 0.2) is 53.4 Å². The molecule has 1 amide bonds. The largest absolute Gasteiger partial charge is 0.486 e. The van der Waals surface area contributed by atoms with Crippen LogP contribution in [0, 0.1) is 11.3 Å². The second-order valence-corrected chi connectivity index (χ2v) is 14.6. The standard InChI is InChI=1S/C32H45N3O9S/c1-32(2,12-6-13-33)21-35(45(38,39)23-9-10-27-28(18-23)41-16-15-40-27)19-26(36)25(17-22-7-4-3-5-8-22)34-31(37)44-29-20-43-30-24(29)11-14-42-30/h3-5,7-10,18,24-26,29-30,36H,6,11-17,19-21,33H2,1-2H3,(H,34,37)/t24?,25-,26+,29?,30?/m0/s1. The fourth-order valence-electron chi connectivity index (χ4n) is 6.08. The number of nitrogens with one attached hydrogen (secondary N) is 1. The topological polar surface area (TPSA) is 159 Å². The second-order valence-electron chi connectivity index (χ2n) is 12.6. The number of aliphatic hydroxyl groups excluding tert-OH is 1. The average Bonchev–Trinajstić information content (AvgIpc) is 3.65. The third kappa shape index (κ3) is 8.46. The Kier molecular flexibility index (Phi) is 10.9. The van der Waals surface area contributed by atoms with Gasteiger partial charge >= 0.3 is 6.09 Å². The van der Waals surface area contributed by atoms with Crippen LogP contribution in [0.25, 0.3) is 0 Å². The van der Waals surface area contributed by atoms with Gasteiger partial charge < -0.3 is 39.8 Å². The molecular formula is C32H45N3O9S. The van der Waals surface area contributed by atoms with Crippen molar-refractivity contribution in [2.24, 2.45) is 17.1 Å². The Bertz CT molecular complexity index is 1390. The van der Waals surface area contributed by atoms with Crippen molar-refractivity contribution in [3.8, 4) is 11.5 Å². The van der Waals surface area contributed by atoms with E-state index in [1.54, 1.807) is 6.07 Å². The number of carbonyl (C=O) groups excluding carboxylic acids is 1. The highest BCUT2D eigenvalue weighted by Gasteiger charge is 2.44. The van der Waals surface area contributed by atoms with E-state index in [1.165, 1.54) is 16.4 Å². The van der Waals surface area contributed by atoms with Crippen LogP contribution in [0.1, 0.15) is 38.7 Å². The molecule has 248 valence electrons. The first-order valence-corrected chi connectivity index (χ1v) is 17.0. The van der Waals surface area contributed by atoms with Crippen molar-refractivity contribution in [2.75, 3.05) is 46.1 Å². The fraction of sp³-hybridized carbons (Fsp3) is 0.594. The summed E-state index contributed by atoms with van der Waals surface area (Å²) in [5.74, 6) is 0.779. The maximum atomic E-state index is 14.2. The number of sulfonamides is 1. The number of benzene rings is 2. The van der Waals surface area contributed by atoms with Crippen molar-refractivity contribution in [3.63, 3.8) is 0 Å². The molecule has 13 heteroatoms. The van der Waals surface area contributed by atoms with Gasteiger partial charge in [0.1, 0.15) is 19.3 Å². The molecule has 0 saturated carbocycles. The van der Waals surface area contributed by atoms with E-state index in [-0.39, 0.29) is 43.2 Å². The summed E-state index contributed by atoms with van der Waals surface area (Å²) < 4.78 is 57.8. The third-order valence-corrected chi connectivity index (χ3v) is 10.3. The molecule has 12 nitrogen and oxygen atoms in total. The monoisotopic (exact) mass is 647 g/mol. The summed E-state index contributed by atoms with van der Waals surface area (Å²) in [5.41, 5.74) is 6.18. The SMILES string of the molecule is CC(C)(CCCN)CN(C[C@@H](O)[C@H](Cc1ccccc1)NC(=O)OC1COC2OCCC12)S(=O)(=O)c1ccc2c(c1)OCCO2. The summed E-state index contributed by atoms with van der Waals surface area (Å²) in [6.45, 7) is 5.74. The Balaban J connectivity index is 1.38. The number of aliphatic hydroxyl groups is 1. The van der Waals surface area contributed by atoms with Gasteiger partial charge in [-0.05, 0) is 55.3 Å². The van der Waals surface area contributed by atoms with Crippen LogP contribution in [0.3, 0.4) is 0 Å². The zero-order chi connectivity index (χ0) is 32.0. The number of carbonyl (C=O) groups is 1. The molecule has 45 heavy (non-hydrogen) atoms. The van der Waals surface area contributed by atoms with Gasteiger partial charge in [0.05, 0.1) is 36.2 Å². The van der Waals surface area contributed by atoms with Crippen molar-refractivity contribution in [2.45, 2.75) is 69.0 Å². The van der Waals surface area contributed by atoms with Gasteiger partial charge in [-0.1, -0.05) is 44.2 Å². The van der Waals surface area contributed by atoms with E-state index in [9.17, 15) is 18.3 Å². The lowest BCUT2D eigenvalue weighted by atomic mass is 9.87. The summed E-state index contributed by atoms with van der Waals surface area (Å²) in [4.78, 5) is 13.2. The first-order valence-electron chi connectivity index (χ1n) is 15.6. The molecule has 2 fully saturated rings. The lowest BCUT2D eigenvalue weighted by molar-refractivity contribution is -0.0907. The van der Waals surface area contributed by atoms with E-state index in [1.807, 2.05) is 44.2 Å². The maximum absolute atomic E-state index is 14.2. The Morgan fingerprint density at radius 1 is 1.11 bits per heavy atom. The Morgan fingerprint density at radius 3 is 2.62 bits per heavy atom. The van der Waals surface area contributed by atoms with Crippen LogP contribution >= 0.6 is 0 Å². The van der Waals surface area contributed by atoms with E-state index in [2.05, 4.69) is 5.32 Å². The van der Waals surface area contributed by atoms with Gasteiger partial charge in [0, 0.05) is 19.2 Å². The van der Waals surface area contributed by atoms with E-state index in [4.69, 9.17) is 29.4 Å². The van der Waals surface area contributed by atoms with E-state index in [0.29, 0.717) is 44.3 Å². The van der Waals surface area contributed by atoms with E-state index in [0.717, 1.165) is 18.4 Å². The minimum Gasteiger partial charge on any atom is -0.486 e. The molecule has 4 N–H and O–H groups in total. The second kappa shape index (κ2) is 14.7. The summed E-state index contributed by atoms with van der Waals surface area (Å²) >= 11 is 0. The van der Waals surface area contributed by atoms with E-state index < -0.39 is 39.8 Å². The molecule has 0 aliphatic carbocycles. The van der Waals surface area contributed by atoms with Crippen molar-refractivity contribution in [3.05, 3.63) is 54.1 Å². The first kappa shape index (κ1) is 33.4. The van der Waals surface area contributed by atoms with Crippen LogP contribution < -0.4 is 20.5 Å². The van der Waals surface area contributed by atoms with Crippen molar-refractivity contribution >= 4 is 16.1 Å². The van der Waals surface area contributed by atoms with Gasteiger partial charge in [0.15, 0.2) is 17.8 Å². The molecule has 3 unspecified atom stereocenters. The average molecular weight is 648 g/mol. The smallest absolute Gasteiger partial charge is 0.407 e. The summed E-state index contributed by atoms with van der Waals surface area (Å²) in [5, 5.41) is 14.5. The van der Waals surface area contributed by atoms with Crippen molar-refractivity contribution in [1.82, 2.24) is 9.62 Å². The molecule has 3 aliphatic rings. The number of amides is 1. The third-order valence-electron chi connectivity index (χ3n) is 8.51. The molecule has 5 rings (SSSR count).